The average molecular weight is 272 g/mol. The minimum absolute atomic E-state index is 0.0272. The quantitative estimate of drug-likeness (QED) is 0.488. The van der Waals surface area contributed by atoms with E-state index in [9.17, 15) is 19.1 Å². The normalized spacial score (nSPS) is 12.2. The fourth-order valence-corrected chi connectivity index (χ4v) is 2.87. The molecular formula is C12H17O5P. The first-order chi connectivity index (χ1) is 8.37. The van der Waals surface area contributed by atoms with Gasteiger partial charge in [0.1, 0.15) is 5.75 Å². The zero-order valence-electron chi connectivity index (χ0n) is 10.4. The Morgan fingerprint density at radius 2 is 1.72 bits per heavy atom. The molecule has 0 spiro atoms. The Bertz CT molecular complexity index is 447. The third kappa shape index (κ3) is 2.80. The van der Waals surface area contributed by atoms with Gasteiger partial charge < -0.3 is 14.5 Å². The van der Waals surface area contributed by atoms with Gasteiger partial charge in [0.25, 0.3) is 0 Å². The van der Waals surface area contributed by atoms with Crippen molar-refractivity contribution in [1.29, 1.82) is 0 Å². The van der Waals surface area contributed by atoms with Crippen LogP contribution >= 0.6 is 7.60 Å². The van der Waals surface area contributed by atoms with Crippen LogP contribution in [-0.2, 0) is 9.36 Å². The van der Waals surface area contributed by atoms with E-state index in [0.717, 1.165) is 0 Å². The SMILES string of the molecule is CCC(CC)(C(=O)Oc1ccccc1)P(=O)(O)O. The molecule has 0 atom stereocenters. The van der Waals surface area contributed by atoms with Gasteiger partial charge in [0.2, 0.25) is 0 Å². The smallest absolute Gasteiger partial charge is 0.342 e. The van der Waals surface area contributed by atoms with Crippen molar-refractivity contribution in [1.82, 2.24) is 0 Å². The van der Waals surface area contributed by atoms with Gasteiger partial charge in [0, 0.05) is 0 Å². The van der Waals surface area contributed by atoms with Crippen molar-refractivity contribution >= 4 is 13.6 Å². The van der Waals surface area contributed by atoms with Crippen LogP contribution in [0, 0.1) is 0 Å². The summed E-state index contributed by atoms with van der Waals surface area (Å²) in [5.74, 6) is -0.603. The first-order valence-electron chi connectivity index (χ1n) is 5.70. The average Bonchev–Trinajstić information content (AvgIpc) is 2.30. The molecule has 100 valence electrons. The van der Waals surface area contributed by atoms with Gasteiger partial charge in [0.15, 0.2) is 5.16 Å². The van der Waals surface area contributed by atoms with Gasteiger partial charge in [-0.25, -0.2) is 0 Å². The van der Waals surface area contributed by atoms with E-state index in [4.69, 9.17) is 4.74 Å². The van der Waals surface area contributed by atoms with Crippen LogP contribution in [0.5, 0.6) is 5.75 Å². The molecule has 0 radical (unpaired) electrons. The van der Waals surface area contributed by atoms with E-state index in [1.54, 1.807) is 44.2 Å². The van der Waals surface area contributed by atoms with Crippen LogP contribution in [0.15, 0.2) is 30.3 Å². The molecular weight excluding hydrogens is 255 g/mol. The first-order valence-corrected chi connectivity index (χ1v) is 7.31. The van der Waals surface area contributed by atoms with Crippen LogP contribution in [0.4, 0.5) is 0 Å². The van der Waals surface area contributed by atoms with Crippen LogP contribution in [0.3, 0.4) is 0 Å². The summed E-state index contributed by atoms with van der Waals surface area (Å²) in [6, 6.07) is 8.24. The summed E-state index contributed by atoms with van der Waals surface area (Å²) in [5.41, 5.74) is 0. The number of esters is 1. The lowest BCUT2D eigenvalue weighted by Crippen LogP contribution is -2.40. The molecule has 1 aromatic rings. The van der Waals surface area contributed by atoms with Crippen LogP contribution in [-0.4, -0.2) is 20.9 Å². The highest BCUT2D eigenvalue weighted by Gasteiger charge is 2.52. The van der Waals surface area contributed by atoms with Gasteiger partial charge in [-0.2, -0.15) is 0 Å². The molecule has 0 amide bonds. The Labute approximate surface area is 106 Å². The number of ether oxygens (including phenoxy) is 1. The second-order valence-electron chi connectivity index (χ2n) is 3.99. The summed E-state index contributed by atoms with van der Waals surface area (Å²) in [5, 5.41) is -1.76. The predicted octanol–water partition coefficient (Wildman–Crippen LogP) is 2.33. The van der Waals surface area contributed by atoms with Crippen LogP contribution in [0.2, 0.25) is 0 Å². The molecule has 0 bridgehead atoms. The number of carbonyl (C=O) groups excluding carboxylic acids is 1. The summed E-state index contributed by atoms with van der Waals surface area (Å²) in [6.07, 6.45) is 0.0545. The number of para-hydroxylation sites is 1. The Morgan fingerprint density at radius 1 is 1.22 bits per heavy atom. The Hall–Kier alpha value is -1.16. The lowest BCUT2D eigenvalue weighted by atomic mass is 10.0. The second-order valence-corrected chi connectivity index (χ2v) is 5.93. The van der Waals surface area contributed by atoms with Crippen LogP contribution in [0.1, 0.15) is 26.7 Å². The highest BCUT2D eigenvalue weighted by atomic mass is 31.2. The molecule has 0 aliphatic heterocycles. The zero-order valence-corrected chi connectivity index (χ0v) is 11.3. The van der Waals surface area contributed by atoms with Crippen molar-refractivity contribution in [3.63, 3.8) is 0 Å². The van der Waals surface area contributed by atoms with Gasteiger partial charge in [-0.15, -0.1) is 0 Å². The number of hydrogen-bond acceptors (Lipinski definition) is 3. The summed E-state index contributed by atoms with van der Waals surface area (Å²) in [7, 11) is -4.57. The standard InChI is InChI=1S/C12H17O5P/c1-3-12(4-2,18(14,15)16)11(13)17-10-8-6-5-7-9-10/h5-9H,3-4H2,1-2H3,(H2,14,15,16). The lowest BCUT2D eigenvalue weighted by molar-refractivity contribution is -0.138. The van der Waals surface area contributed by atoms with E-state index < -0.39 is 18.7 Å². The summed E-state index contributed by atoms with van der Waals surface area (Å²) >= 11 is 0. The molecule has 0 aliphatic rings. The van der Waals surface area contributed by atoms with Crippen LogP contribution < -0.4 is 4.74 Å². The molecule has 18 heavy (non-hydrogen) atoms. The van der Waals surface area contributed by atoms with Crippen molar-refractivity contribution < 1.29 is 23.9 Å². The van der Waals surface area contributed by atoms with Crippen molar-refractivity contribution in [3.8, 4) is 5.75 Å². The van der Waals surface area contributed by atoms with Crippen molar-refractivity contribution in [2.45, 2.75) is 31.8 Å². The molecule has 5 nitrogen and oxygen atoms in total. The highest BCUT2D eigenvalue weighted by Crippen LogP contribution is 2.55. The Balaban J connectivity index is 3.02. The minimum Gasteiger partial charge on any atom is -0.426 e. The third-order valence-corrected chi connectivity index (χ3v) is 4.99. The monoisotopic (exact) mass is 272 g/mol. The summed E-state index contributed by atoms with van der Waals surface area (Å²) in [6.45, 7) is 3.13. The predicted molar refractivity (Wildman–Crippen MR) is 67.4 cm³/mol. The minimum atomic E-state index is -4.57. The van der Waals surface area contributed by atoms with E-state index in [-0.39, 0.29) is 18.6 Å². The molecule has 1 aromatic carbocycles. The zero-order chi connectivity index (χ0) is 13.8. The fourth-order valence-electron chi connectivity index (χ4n) is 1.76. The van der Waals surface area contributed by atoms with Crippen molar-refractivity contribution in [2.24, 2.45) is 0 Å². The van der Waals surface area contributed by atoms with E-state index in [2.05, 4.69) is 0 Å². The Kier molecular flexibility index (Phi) is 4.68. The van der Waals surface area contributed by atoms with E-state index in [1.165, 1.54) is 0 Å². The molecule has 1 rings (SSSR count). The first kappa shape index (κ1) is 14.9. The lowest BCUT2D eigenvalue weighted by Gasteiger charge is -2.29. The number of benzene rings is 1. The van der Waals surface area contributed by atoms with Crippen molar-refractivity contribution in [3.05, 3.63) is 30.3 Å². The van der Waals surface area contributed by atoms with Crippen LogP contribution in [0.25, 0.3) is 0 Å². The number of carbonyl (C=O) groups is 1. The van der Waals surface area contributed by atoms with E-state index in [1.807, 2.05) is 0 Å². The molecule has 6 heteroatoms. The molecule has 0 unspecified atom stereocenters. The van der Waals surface area contributed by atoms with Gasteiger partial charge >= 0.3 is 13.6 Å². The molecule has 2 N–H and O–H groups in total. The summed E-state index contributed by atoms with van der Waals surface area (Å²) < 4.78 is 16.6. The fraction of sp³-hybridized carbons (Fsp3) is 0.417. The maximum absolute atomic E-state index is 12.0. The summed E-state index contributed by atoms with van der Waals surface area (Å²) in [4.78, 5) is 30.8. The number of rotatable bonds is 5. The maximum Gasteiger partial charge on any atom is 0.342 e. The Morgan fingerprint density at radius 3 is 2.11 bits per heavy atom. The molecule has 0 aromatic heterocycles. The highest BCUT2D eigenvalue weighted by molar-refractivity contribution is 7.54. The van der Waals surface area contributed by atoms with Gasteiger partial charge in [0.05, 0.1) is 0 Å². The second kappa shape index (κ2) is 5.65. The van der Waals surface area contributed by atoms with Gasteiger partial charge in [-0.05, 0) is 25.0 Å². The van der Waals surface area contributed by atoms with E-state index in [0.29, 0.717) is 0 Å². The largest absolute Gasteiger partial charge is 0.426 e. The van der Waals surface area contributed by atoms with Gasteiger partial charge in [-0.1, -0.05) is 32.0 Å². The van der Waals surface area contributed by atoms with Gasteiger partial charge in [-0.3, -0.25) is 9.36 Å². The topological polar surface area (TPSA) is 83.8 Å². The molecule has 0 aliphatic carbocycles. The third-order valence-electron chi connectivity index (χ3n) is 3.06. The molecule has 0 saturated carbocycles. The number of hydrogen-bond donors (Lipinski definition) is 2. The molecule has 0 heterocycles. The van der Waals surface area contributed by atoms with Crippen molar-refractivity contribution in [2.75, 3.05) is 0 Å². The maximum atomic E-state index is 12.0. The molecule has 0 fully saturated rings. The molecule has 0 saturated heterocycles. The van der Waals surface area contributed by atoms with E-state index >= 15 is 0 Å².